The number of carbonyl (C=O) groups is 2. The van der Waals surface area contributed by atoms with Crippen LogP contribution in [-0.4, -0.2) is 25.2 Å². The van der Waals surface area contributed by atoms with Crippen LogP contribution in [0.25, 0.3) is 0 Å². The lowest BCUT2D eigenvalue weighted by atomic mass is 9.86. The first-order valence-corrected chi connectivity index (χ1v) is 6.42. The molecular weight excluding hydrogens is 244 g/mol. The third kappa shape index (κ3) is 2.62. The van der Waals surface area contributed by atoms with Crippen molar-refractivity contribution in [3.8, 4) is 0 Å². The molecule has 1 aliphatic carbocycles. The summed E-state index contributed by atoms with van der Waals surface area (Å²) >= 11 is 0. The molecule has 102 valence electrons. The Hall–Kier alpha value is -1.84. The van der Waals surface area contributed by atoms with Gasteiger partial charge in [-0.1, -0.05) is 18.2 Å². The smallest absolute Gasteiger partial charge is 0.338 e. The fraction of sp³-hybridized carbons (Fsp3) is 0.467. The predicted octanol–water partition coefficient (Wildman–Crippen LogP) is 2.58. The summed E-state index contributed by atoms with van der Waals surface area (Å²) in [5.41, 5.74) is -0.222. The number of hydrogen-bond donors (Lipinski definition) is 0. The average molecular weight is 262 g/mol. The summed E-state index contributed by atoms with van der Waals surface area (Å²) in [7, 11) is 1.36. The number of ether oxygens (including phenoxy) is 2. The highest BCUT2D eigenvalue weighted by Gasteiger charge is 2.48. The number of esters is 2. The van der Waals surface area contributed by atoms with E-state index >= 15 is 0 Å². The lowest BCUT2D eigenvalue weighted by Crippen LogP contribution is -2.39. The van der Waals surface area contributed by atoms with Gasteiger partial charge in [-0.15, -0.1) is 0 Å². The van der Waals surface area contributed by atoms with E-state index in [9.17, 15) is 9.59 Å². The number of hydrogen-bond acceptors (Lipinski definition) is 4. The molecular formula is C15H18O4. The second-order valence-electron chi connectivity index (χ2n) is 5.06. The minimum Gasteiger partial charge on any atom is -0.468 e. The number of methoxy groups -OCH3 is 1. The van der Waals surface area contributed by atoms with Crippen molar-refractivity contribution >= 4 is 11.9 Å². The van der Waals surface area contributed by atoms with E-state index in [0.29, 0.717) is 18.4 Å². The van der Waals surface area contributed by atoms with Crippen LogP contribution in [0.15, 0.2) is 30.3 Å². The zero-order chi connectivity index (χ0) is 13.9. The maximum absolute atomic E-state index is 12.0. The highest BCUT2D eigenvalue weighted by molar-refractivity contribution is 5.90. The third-order valence-corrected chi connectivity index (χ3v) is 3.78. The maximum Gasteiger partial charge on any atom is 0.338 e. The van der Waals surface area contributed by atoms with E-state index in [1.807, 2.05) is 6.07 Å². The van der Waals surface area contributed by atoms with Crippen LogP contribution in [0, 0.1) is 5.41 Å². The van der Waals surface area contributed by atoms with Crippen LogP contribution in [-0.2, 0) is 14.3 Å². The standard InChI is InChI=1S/C15H18O4/c1-15(14(17)18-2)10-6-9-12(15)19-13(16)11-7-4-3-5-8-11/h3-5,7-8,12H,6,9-10H2,1-2H3. The van der Waals surface area contributed by atoms with Crippen molar-refractivity contribution in [1.82, 2.24) is 0 Å². The number of benzene rings is 1. The molecule has 1 saturated carbocycles. The van der Waals surface area contributed by atoms with Gasteiger partial charge in [-0.3, -0.25) is 4.79 Å². The number of rotatable bonds is 3. The highest BCUT2D eigenvalue weighted by atomic mass is 16.6. The summed E-state index contributed by atoms with van der Waals surface area (Å²) in [5.74, 6) is -0.696. The van der Waals surface area contributed by atoms with Crippen molar-refractivity contribution in [2.75, 3.05) is 7.11 Å². The molecule has 2 atom stereocenters. The average Bonchev–Trinajstić information content (AvgIpc) is 2.81. The Labute approximate surface area is 112 Å². The van der Waals surface area contributed by atoms with Crippen LogP contribution in [0.5, 0.6) is 0 Å². The fourth-order valence-electron chi connectivity index (χ4n) is 2.56. The molecule has 0 saturated heterocycles. The van der Waals surface area contributed by atoms with Gasteiger partial charge in [0.2, 0.25) is 0 Å². The van der Waals surface area contributed by atoms with E-state index in [1.54, 1.807) is 31.2 Å². The maximum atomic E-state index is 12.0. The molecule has 0 aliphatic heterocycles. The van der Waals surface area contributed by atoms with Crippen LogP contribution >= 0.6 is 0 Å². The van der Waals surface area contributed by atoms with E-state index in [1.165, 1.54) is 7.11 Å². The molecule has 2 unspecified atom stereocenters. The van der Waals surface area contributed by atoms with E-state index in [-0.39, 0.29) is 11.9 Å². The van der Waals surface area contributed by atoms with E-state index < -0.39 is 11.5 Å². The summed E-state index contributed by atoms with van der Waals surface area (Å²) in [6.07, 6.45) is 1.84. The molecule has 0 radical (unpaired) electrons. The van der Waals surface area contributed by atoms with Gasteiger partial charge < -0.3 is 9.47 Å². The summed E-state index contributed by atoms with van der Waals surface area (Å²) in [6, 6.07) is 8.81. The van der Waals surface area contributed by atoms with Gasteiger partial charge in [0, 0.05) is 0 Å². The second-order valence-corrected chi connectivity index (χ2v) is 5.06. The van der Waals surface area contributed by atoms with Gasteiger partial charge in [-0.05, 0) is 38.3 Å². The molecule has 0 N–H and O–H groups in total. The minimum atomic E-state index is -0.723. The summed E-state index contributed by atoms with van der Waals surface area (Å²) < 4.78 is 10.3. The molecule has 19 heavy (non-hydrogen) atoms. The first-order valence-electron chi connectivity index (χ1n) is 6.42. The van der Waals surface area contributed by atoms with Crippen LogP contribution in [0.2, 0.25) is 0 Å². The van der Waals surface area contributed by atoms with E-state index in [4.69, 9.17) is 9.47 Å². The Kier molecular flexibility index (Phi) is 3.88. The molecule has 1 aliphatic rings. The van der Waals surface area contributed by atoms with Gasteiger partial charge in [0.25, 0.3) is 0 Å². The van der Waals surface area contributed by atoms with Crippen molar-refractivity contribution in [1.29, 1.82) is 0 Å². The van der Waals surface area contributed by atoms with Crippen molar-refractivity contribution in [2.45, 2.75) is 32.3 Å². The first kappa shape index (κ1) is 13.6. The zero-order valence-corrected chi connectivity index (χ0v) is 11.2. The molecule has 0 aromatic heterocycles. The lowest BCUT2D eigenvalue weighted by molar-refractivity contribution is -0.156. The molecule has 4 nitrogen and oxygen atoms in total. The quantitative estimate of drug-likeness (QED) is 0.786. The Balaban J connectivity index is 2.10. The molecule has 2 rings (SSSR count). The van der Waals surface area contributed by atoms with Crippen LogP contribution < -0.4 is 0 Å². The van der Waals surface area contributed by atoms with Gasteiger partial charge in [-0.25, -0.2) is 4.79 Å². The Morgan fingerprint density at radius 3 is 2.58 bits per heavy atom. The molecule has 0 amide bonds. The minimum absolute atomic E-state index is 0.309. The molecule has 1 fully saturated rings. The van der Waals surface area contributed by atoms with E-state index in [0.717, 1.165) is 6.42 Å². The zero-order valence-electron chi connectivity index (χ0n) is 11.2. The molecule has 1 aromatic carbocycles. The third-order valence-electron chi connectivity index (χ3n) is 3.78. The van der Waals surface area contributed by atoms with Gasteiger partial charge >= 0.3 is 11.9 Å². The fourth-order valence-corrected chi connectivity index (χ4v) is 2.56. The van der Waals surface area contributed by atoms with Crippen molar-refractivity contribution in [3.05, 3.63) is 35.9 Å². The summed E-state index contributed by atoms with van der Waals surface area (Å²) in [4.78, 5) is 23.9. The van der Waals surface area contributed by atoms with Crippen LogP contribution in [0.1, 0.15) is 36.5 Å². The SMILES string of the molecule is COC(=O)C1(C)CCCC1OC(=O)c1ccccc1. The van der Waals surface area contributed by atoms with E-state index in [2.05, 4.69) is 0 Å². The monoisotopic (exact) mass is 262 g/mol. The van der Waals surface area contributed by atoms with Crippen molar-refractivity contribution in [3.63, 3.8) is 0 Å². The van der Waals surface area contributed by atoms with Crippen molar-refractivity contribution < 1.29 is 19.1 Å². The van der Waals surface area contributed by atoms with Crippen molar-refractivity contribution in [2.24, 2.45) is 5.41 Å². The first-order chi connectivity index (χ1) is 9.08. The second kappa shape index (κ2) is 5.43. The molecule has 4 heteroatoms. The highest BCUT2D eigenvalue weighted by Crippen LogP contribution is 2.41. The Morgan fingerprint density at radius 1 is 1.26 bits per heavy atom. The predicted molar refractivity (Wildman–Crippen MR) is 69.6 cm³/mol. The van der Waals surface area contributed by atoms with Crippen LogP contribution in [0.3, 0.4) is 0 Å². The summed E-state index contributed by atoms with van der Waals surface area (Å²) in [6.45, 7) is 1.80. The number of carbonyl (C=O) groups excluding carboxylic acids is 2. The molecule has 0 spiro atoms. The normalized spacial score (nSPS) is 25.9. The lowest BCUT2D eigenvalue weighted by Gasteiger charge is -2.28. The van der Waals surface area contributed by atoms with Crippen LogP contribution in [0.4, 0.5) is 0 Å². The van der Waals surface area contributed by atoms with Gasteiger partial charge in [0.1, 0.15) is 11.5 Å². The Bertz CT molecular complexity index is 468. The molecule has 0 bridgehead atoms. The van der Waals surface area contributed by atoms with Gasteiger partial charge in [-0.2, -0.15) is 0 Å². The molecule has 0 heterocycles. The largest absolute Gasteiger partial charge is 0.468 e. The van der Waals surface area contributed by atoms with Gasteiger partial charge in [0.05, 0.1) is 12.7 Å². The van der Waals surface area contributed by atoms with Gasteiger partial charge in [0.15, 0.2) is 0 Å². The summed E-state index contributed by atoms with van der Waals surface area (Å²) in [5, 5.41) is 0. The topological polar surface area (TPSA) is 52.6 Å². The molecule has 1 aromatic rings. The Morgan fingerprint density at radius 2 is 1.95 bits per heavy atom.